The van der Waals surface area contributed by atoms with Crippen LogP contribution in [-0.4, -0.2) is 19.2 Å². The molecule has 0 saturated heterocycles. The largest absolute Gasteiger partial charge is 0.496 e. The van der Waals surface area contributed by atoms with Crippen LogP contribution in [0.25, 0.3) is 0 Å². The van der Waals surface area contributed by atoms with E-state index in [4.69, 9.17) is 27.4 Å². The molecule has 0 atom stereocenters. The van der Waals surface area contributed by atoms with E-state index in [0.717, 1.165) is 16.9 Å². The molecule has 0 spiro atoms. The highest BCUT2D eigenvalue weighted by molar-refractivity contribution is 7.80. The summed E-state index contributed by atoms with van der Waals surface area (Å²) in [6.07, 6.45) is 0. The van der Waals surface area contributed by atoms with Crippen LogP contribution in [0.15, 0.2) is 18.2 Å². The summed E-state index contributed by atoms with van der Waals surface area (Å²) in [5.74, 6) is 0.747. The van der Waals surface area contributed by atoms with Gasteiger partial charge in [-0.2, -0.15) is 0 Å². The topological polar surface area (TPSA) is 44.5 Å². The van der Waals surface area contributed by atoms with E-state index in [9.17, 15) is 0 Å². The summed E-state index contributed by atoms with van der Waals surface area (Å²) in [5.41, 5.74) is 7.29. The third kappa shape index (κ3) is 2.43. The number of methoxy groups -OCH3 is 2. The molecule has 0 unspecified atom stereocenters. The van der Waals surface area contributed by atoms with E-state index in [1.807, 2.05) is 18.2 Å². The smallest absolute Gasteiger partial charge is 0.125 e. The van der Waals surface area contributed by atoms with Gasteiger partial charge >= 0.3 is 0 Å². The highest BCUT2D eigenvalue weighted by Crippen LogP contribution is 2.20. The second kappa shape index (κ2) is 4.93. The van der Waals surface area contributed by atoms with Crippen molar-refractivity contribution >= 4 is 17.2 Å². The number of rotatable bonds is 4. The number of nitrogens with two attached hydrogens (primary N) is 1. The normalized spacial score (nSPS) is 9.86. The van der Waals surface area contributed by atoms with Gasteiger partial charge in [0.05, 0.1) is 13.7 Å². The van der Waals surface area contributed by atoms with Crippen molar-refractivity contribution < 1.29 is 9.47 Å². The Morgan fingerprint density at radius 1 is 1.43 bits per heavy atom. The first kappa shape index (κ1) is 10.9. The van der Waals surface area contributed by atoms with Crippen molar-refractivity contribution in [3.8, 4) is 5.75 Å². The summed E-state index contributed by atoms with van der Waals surface area (Å²) in [4.78, 5) is 0.368. The lowest BCUT2D eigenvalue weighted by Gasteiger charge is -2.09. The Morgan fingerprint density at radius 2 is 2.14 bits per heavy atom. The van der Waals surface area contributed by atoms with Crippen molar-refractivity contribution in [1.29, 1.82) is 0 Å². The minimum atomic E-state index is 0.368. The molecule has 4 heteroatoms. The van der Waals surface area contributed by atoms with Crippen LogP contribution in [0, 0.1) is 0 Å². The van der Waals surface area contributed by atoms with Gasteiger partial charge in [0.25, 0.3) is 0 Å². The molecule has 0 aliphatic carbocycles. The molecule has 1 aromatic rings. The van der Waals surface area contributed by atoms with Crippen LogP contribution in [0.3, 0.4) is 0 Å². The van der Waals surface area contributed by atoms with Gasteiger partial charge in [-0.1, -0.05) is 24.4 Å². The molecule has 0 saturated carbocycles. The summed E-state index contributed by atoms with van der Waals surface area (Å²) in [5, 5.41) is 0. The summed E-state index contributed by atoms with van der Waals surface area (Å²) < 4.78 is 10.2. The fourth-order valence-corrected chi connectivity index (χ4v) is 1.30. The van der Waals surface area contributed by atoms with Gasteiger partial charge in [0, 0.05) is 18.2 Å². The van der Waals surface area contributed by atoms with Gasteiger partial charge in [0.2, 0.25) is 0 Å². The fourth-order valence-electron chi connectivity index (χ4n) is 1.17. The maximum absolute atomic E-state index is 5.51. The van der Waals surface area contributed by atoms with Crippen LogP contribution in [0.2, 0.25) is 0 Å². The maximum atomic E-state index is 5.51. The Balaban J connectivity index is 3.04. The van der Waals surface area contributed by atoms with E-state index in [2.05, 4.69) is 0 Å². The van der Waals surface area contributed by atoms with Gasteiger partial charge in [0.1, 0.15) is 10.7 Å². The standard InChI is InChI=1S/C10H13NO2S/c1-12-6-8-4-3-7(10(11)14)5-9(8)13-2/h3-5H,6H2,1-2H3,(H2,11,14). The average Bonchev–Trinajstić information content (AvgIpc) is 2.18. The molecule has 0 bridgehead atoms. The number of thiocarbonyl (C=S) groups is 1. The molecule has 1 rings (SSSR count). The van der Waals surface area contributed by atoms with Crippen LogP contribution < -0.4 is 10.5 Å². The summed E-state index contributed by atoms with van der Waals surface area (Å²) in [6.45, 7) is 0.515. The highest BCUT2D eigenvalue weighted by Gasteiger charge is 2.05. The number of benzene rings is 1. The summed E-state index contributed by atoms with van der Waals surface area (Å²) >= 11 is 4.87. The quantitative estimate of drug-likeness (QED) is 0.766. The van der Waals surface area contributed by atoms with Gasteiger partial charge in [-0.3, -0.25) is 0 Å². The van der Waals surface area contributed by atoms with Crippen molar-refractivity contribution in [2.75, 3.05) is 14.2 Å². The van der Waals surface area contributed by atoms with E-state index in [0.29, 0.717) is 11.6 Å². The van der Waals surface area contributed by atoms with Gasteiger partial charge in [-0.15, -0.1) is 0 Å². The molecule has 0 aromatic heterocycles. The van der Waals surface area contributed by atoms with Crippen molar-refractivity contribution in [3.63, 3.8) is 0 Å². The van der Waals surface area contributed by atoms with Crippen molar-refractivity contribution in [3.05, 3.63) is 29.3 Å². The van der Waals surface area contributed by atoms with E-state index in [1.54, 1.807) is 14.2 Å². The zero-order valence-electron chi connectivity index (χ0n) is 8.24. The Bertz CT molecular complexity index is 339. The minimum Gasteiger partial charge on any atom is -0.496 e. The monoisotopic (exact) mass is 211 g/mol. The maximum Gasteiger partial charge on any atom is 0.125 e. The Labute approximate surface area is 88.8 Å². The van der Waals surface area contributed by atoms with E-state index in [1.165, 1.54) is 0 Å². The number of hydrogen-bond donors (Lipinski definition) is 1. The lowest BCUT2D eigenvalue weighted by molar-refractivity contribution is 0.181. The minimum absolute atomic E-state index is 0.368. The first-order valence-corrected chi connectivity index (χ1v) is 4.55. The van der Waals surface area contributed by atoms with Crippen LogP contribution in [0.4, 0.5) is 0 Å². The van der Waals surface area contributed by atoms with Crippen molar-refractivity contribution in [1.82, 2.24) is 0 Å². The summed E-state index contributed by atoms with van der Waals surface area (Å²) in [7, 11) is 3.25. The SMILES string of the molecule is COCc1ccc(C(N)=S)cc1OC. The lowest BCUT2D eigenvalue weighted by atomic mass is 10.1. The van der Waals surface area contributed by atoms with Gasteiger partial charge < -0.3 is 15.2 Å². The molecule has 14 heavy (non-hydrogen) atoms. The molecule has 0 amide bonds. The van der Waals surface area contributed by atoms with Crippen molar-refractivity contribution in [2.45, 2.75) is 6.61 Å². The molecule has 0 aliphatic rings. The molecular formula is C10H13NO2S. The third-order valence-electron chi connectivity index (χ3n) is 1.87. The second-order valence-electron chi connectivity index (χ2n) is 2.82. The molecule has 0 aliphatic heterocycles. The molecule has 1 aromatic carbocycles. The van der Waals surface area contributed by atoms with Crippen LogP contribution in [0.1, 0.15) is 11.1 Å². The predicted octanol–water partition coefficient (Wildman–Crippen LogP) is 1.48. The van der Waals surface area contributed by atoms with E-state index >= 15 is 0 Å². The highest BCUT2D eigenvalue weighted by atomic mass is 32.1. The second-order valence-corrected chi connectivity index (χ2v) is 3.26. The average molecular weight is 211 g/mol. The Hall–Kier alpha value is -1.13. The molecule has 0 fully saturated rings. The predicted molar refractivity (Wildman–Crippen MR) is 59.6 cm³/mol. The molecule has 76 valence electrons. The first-order valence-electron chi connectivity index (χ1n) is 4.14. The van der Waals surface area contributed by atoms with E-state index < -0.39 is 0 Å². The first-order chi connectivity index (χ1) is 6.69. The van der Waals surface area contributed by atoms with Gasteiger partial charge in [0.15, 0.2) is 0 Å². The van der Waals surface area contributed by atoms with Crippen LogP contribution in [0.5, 0.6) is 5.75 Å². The zero-order chi connectivity index (χ0) is 10.6. The Morgan fingerprint density at radius 3 is 2.64 bits per heavy atom. The number of hydrogen-bond acceptors (Lipinski definition) is 3. The van der Waals surface area contributed by atoms with Crippen LogP contribution >= 0.6 is 12.2 Å². The molecule has 3 nitrogen and oxygen atoms in total. The molecule has 0 radical (unpaired) electrons. The van der Waals surface area contributed by atoms with Crippen molar-refractivity contribution in [2.24, 2.45) is 5.73 Å². The molecule has 2 N–H and O–H groups in total. The lowest BCUT2D eigenvalue weighted by Crippen LogP contribution is -2.09. The molecule has 0 heterocycles. The van der Waals surface area contributed by atoms with Gasteiger partial charge in [-0.05, 0) is 6.07 Å². The Kier molecular flexibility index (Phi) is 3.85. The zero-order valence-corrected chi connectivity index (χ0v) is 9.06. The van der Waals surface area contributed by atoms with E-state index in [-0.39, 0.29) is 0 Å². The summed E-state index contributed by atoms with van der Waals surface area (Å²) in [6, 6.07) is 5.58. The third-order valence-corrected chi connectivity index (χ3v) is 2.11. The van der Waals surface area contributed by atoms with Gasteiger partial charge in [-0.25, -0.2) is 0 Å². The molecular weight excluding hydrogens is 198 g/mol. The number of ether oxygens (including phenoxy) is 2. The fraction of sp³-hybridized carbons (Fsp3) is 0.300. The van der Waals surface area contributed by atoms with Crippen LogP contribution in [-0.2, 0) is 11.3 Å².